The fourth-order valence-electron chi connectivity index (χ4n) is 1.38. The van der Waals surface area contributed by atoms with Gasteiger partial charge in [0.25, 0.3) is 0 Å². The van der Waals surface area contributed by atoms with Gasteiger partial charge in [0.05, 0.1) is 18.0 Å². The van der Waals surface area contributed by atoms with E-state index < -0.39 is 5.97 Å². The highest BCUT2D eigenvalue weighted by Gasteiger charge is 2.08. The molecule has 0 fully saturated rings. The van der Waals surface area contributed by atoms with E-state index in [1.807, 2.05) is 18.2 Å². The number of hydrogen-bond donors (Lipinski definition) is 1. The van der Waals surface area contributed by atoms with Gasteiger partial charge in [0.15, 0.2) is 5.82 Å². The van der Waals surface area contributed by atoms with Crippen molar-refractivity contribution < 1.29 is 9.90 Å². The summed E-state index contributed by atoms with van der Waals surface area (Å²) in [4.78, 5) is 14.5. The molecular formula is C11H10ClN3O2. The predicted molar refractivity (Wildman–Crippen MR) is 62.7 cm³/mol. The molecule has 1 aromatic heterocycles. The number of carboxylic acids is 1. The van der Waals surface area contributed by atoms with Crippen molar-refractivity contribution in [3.63, 3.8) is 0 Å². The first-order valence-corrected chi connectivity index (χ1v) is 5.41. The van der Waals surface area contributed by atoms with Gasteiger partial charge in [0.1, 0.15) is 6.33 Å². The fraction of sp³-hybridized carbons (Fsp3) is 0.182. The van der Waals surface area contributed by atoms with Crippen LogP contribution in [0.1, 0.15) is 6.42 Å². The highest BCUT2D eigenvalue weighted by molar-refractivity contribution is 6.33. The van der Waals surface area contributed by atoms with Crippen molar-refractivity contribution >= 4 is 17.6 Å². The van der Waals surface area contributed by atoms with Crippen molar-refractivity contribution in [2.75, 3.05) is 0 Å². The topological polar surface area (TPSA) is 68.0 Å². The van der Waals surface area contributed by atoms with Crippen LogP contribution in [0.4, 0.5) is 0 Å². The quantitative estimate of drug-likeness (QED) is 0.903. The van der Waals surface area contributed by atoms with Crippen molar-refractivity contribution in [1.82, 2.24) is 14.8 Å². The predicted octanol–water partition coefficient (Wildman–Crippen LogP) is 2.07. The van der Waals surface area contributed by atoms with Gasteiger partial charge >= 0.3 is 5.97 Å². The van der Waals surface area contributed by atoms with Gasteiger partial charge in [-0.3, -0.25) is 9.48 Å². The van der Waals surface area contributed by atoms with Crippen LogP contribution >= 0.6 is 11.6 Å². The van der Waals surface area contributed by atoms with Crippen molar-refractivity contribution in [1.29, 1.82) is 0 Å². The van der Waals surface area contributed by atoms with Crippen LogP contribution in [-0.2, 0) is 11.3 Å². The molecule has 0 saturated heterocycles. The highest BCUT2D eigenvalue weighted by Crippen LogP contribution is 2.23. The van der Waals surface area contributed by atoms with Crippen LogP contribution in [0.15, 0.2) is 30.6 Å². The summed E-state index contributed by atoms with van der Waals surface area (Å²) in [5.41, 5.74) is 0.739. The number of carboxylic acid groups (broad SMARTS) is 1. The van der Waals surface area contributed by atoms with Crippen LogP contribution in [0.2, 0.25) is 5.02 Å². The van der Waals surface area contributed by atoms with E-state index in [1.54, 1.807) is 6.07 Å². The number of aliphatic carboxylic acids is 1. The number of nitrogens with zero attached hydrogens (tertiary/aromatic N) is 3. The number of aromatic nitrogens is 3. The van der Waals surface area contributed by atoms with Gasteiger partial charge < -0.3 is 5.11 Å². The largest absolute Gasteiger partial charge is 0.481 e. The molecule has 0 aliphatic rings. The van der Waals surface area contributed by atoms with Gasteiger partial charge in [-0.15, -0.1) is 0 Å². The van der Waals surface area contributed by atoms with Crippen LogP contribution < -0.4 is 0 Å². The maximum atomic E-state index is 10.4. The van der Waals surface area contributed by atoms with Crippen LogP contribution in [0, 0.1) is 0 Å². The average Bonchev–Trinajstić information content (AvgIpc) is 2.75. The second kappa shape index (κ2) is 4.97. The van der Waals surface area contributed by atoms with Gasteiger partial charge in [-0.05, 0) is 12.1 Å². The Labute approximate surface area is 103 Å². The SMILES string of the molecule is O=C(O)CCn1cnc(-c2ccccc2Cl)n1. The van der Waals surface area contributed by atoms with Crippen LogP contribution in [0.3, 0.4) is 0 Å². The molecule has 17 heavy (non-hydrogen) atoms. The molecule has 1 N–H and O–H groups in total. The molecule has 0 atom stereocenters. The van der Waals surface area contributed by atoms with Crippen LogP contribution in [0.5, 0.6) is 0 Å². The third-order valence-corrected chi connectivity index (χ3v) is 2.54. The minimum atomic E-state index is -0.861. The van der Waals surface area contributed by atoms with Gasteiger partial charge in [0, 0.05) is 5.56 Å². The Morgan fingerprint density at radius 1 is 1.41 bits per heavy atom. The third-order valence-electron chi connectivity index (χ3n) is 2.21. The summed E-state index contributed by atoms with van der Waals surface area (Å²) in [5, 5.41) is 13.3. The minimum absolute atomic E-state index is 0.0192. The summed E-state index contributed by atoms with van der Waals surface area (Å²) in [7, 11) is 0. The van der Waals surface area contributed by atoms with Gasteiger partial charge in [0.2, 0.25) is 0 Å². The Bertz CT molecular complexity index is 539. The normalized spacial score (nSPS) is 10.4. The lowest BCUT2D eigenvalue weighted by atomic mass is 10.2. The molecule has 0 spiro atoms. The first-order chi connectivity index (χ1) is 8.16. The van der Waals surface area contributed by atoms with Crippen molar-refractivity contribution in [2.45, 2.75) is 13.0 Å². The number of halogens is 1. The molecule has 1 heterocycles. The van der Waals surface area contributed by atoms with Gasteiger partial charge in [-0.1, -0.05) is 23.7 Å². The molecule has 2 aromatic rings. The number of carbonyl (C=O) groups is 1. The monoisotopic (exact) mass is 251 g/mol. The first-order valence-electron chi connectivity index (χ1n) is 5.03. The van der Waals surface area contributed by atoms with Gasteiger partial charge in [-0.25, -0.2) is 4.98 Å². The molecular weight excluding hydrogens is 242 g/mol. The second-order valence-corrected chi connectivity index (χ2v) is 3.86. The standard InChI is InChI=1S/C11H10ClN3O2/c12-9-4-2-1-3-8(9)11-13-7-15(14-11)6-5-10(16)17/h1-4,7H,5-6H2,(H,16,17). The smallest absolute Gasteiger partial charge is 0.305 e. The van der Waals surface area contributed by atoms with E-state index >= 15 is 0 Å². The Kier molecular flexibility index (Phi) is 3.39. The Morgan fingerprint density at radius 2 is 2.18 bits per heavy atom. The molecule has 88 valence electrons. The molecule has 6 heteroatoms. The lowest BCUT2D eigenvalue weighted by Crippen LogP contribution is -2.04. The first kappa shape index (κ1) is 11.6. The second-order valence-electron chi connectivity index (χ2n) is 3.45. The summed E-state index contributed by atoms with van der Waals surface area (Å²) < 4.78 is 1.49. The van der Waals surface area contributed by atoms with E-state index in [4.69, 9.17) is 16.7 Å². The third kappa shape index (κ3) is 2.82. The van der Waals surface area contributed by atoms with E-state index in [9.17, 15) is 4.79 Å². The fourth-order valence-corrected chi connectivity index (χ4v) is 1.60. The molecule has 0 aliphatic carbocycles. The van der Waals surface area contributed by atoms with Crippen LogP contribution in [-0.4, -0.2) is 25.8 Å². The summed E-state index contributed by atoms with van der Waals surface area (Å²) in [5.74, 6) is -0.360. The summed E-state index contributed by atoms with van der Waals surface area (Å²) in [6, 6.07) is 7.25. The molecule has 0 radical (unpaired) electrons. The van der Waals surface area contributed by atoms with E-state index in [2.05, 4.69) is 10.1 Å². The highest BCUT2D eigenvalue weighted by atomic mass is 35.5. The lowest BCUT2D eigenvalue weighted by Gasteiger charge is -1.98. The maximum absolute atomic E-state index is 10.4. The minimum Gasteiger partial charge on any atom is -0.481 e. The molecule has 0 amide bonds. The molecule has 1 aromatic carbocycles. The zero-order valence-corrected chi connectivity index (χ0v) is 9.63. The zero-order valence-electron chi connectivity index (χ0n) is 8.88. The molecule has 0 aliphatic heterocycles. The van der Waals surface area contributed by atoms with E-state index in [-0.39, 0.29) is 6.42 Å². The van der Waals surface area contributed by atoms with Crippen LogP contribution in [0.25, 0.3) is 11.4 Å². The molecule has 0 saturated carbocycles. The van der Waals surface area contributed by atoms with Crippen molar-refractivity contribution in [2.24, 2.45) is 0 Å². The van der Waals surface area contributed by atoms with Crippen molar-refractivity contribution in [3.8, 4) is 11.4 Å². The van der Waals surface area contributed by atoms with E-state index in [0.29, 0.717) is 17.4 Å². The Balaban J connectivity index is 2.18. The number of aryl methyl sites for hydroxylation is 1. The summed E-state index contributed by atoms with van der Waals surface area (Å²) in [6.07, 6.45) is 1.52. The number of benzene rings is 1. The summed E-state index contributed by atoms with van der Waals surface area (Å²) in [6.45, 7) is 0.298. The summed E-state index contributed by atoms with van der Waals surface area (Å²) >= 11 is 6.01. The van der Waals surface area contributed by atoms with Gasteiger partial charge in [-0.2, -0.15) is 5.10 Å². The molecule has 2 rings (SSSR count). The Morgan fingerprint density at radius 3 is 2.88 bits per heavy atom. The van der Waals surface area contributed by atoms with E-state index in [0.717, 1.165) is 5.56 Å². The lowest BCUT2D eigenvalue weighted by molar-refractivity contribution is -0.137. The number of hydrogen-bond acceptors (Lipinski definition) is 3. The maximum Gasteiger partial charge on any atom is 0.305 e. The number of rotatable bonds is 4. The zero-order chi connectivity index (χ0) is 12.3. The molecule has 5 nitrogen and oxygen atoms in total. The molecule has 0 bridgehead atoms. The van der Waals surface area contributed by atoms with E-state index in [1.165, 1.54) is 11.0 Å². The molecule has 0 unspecified atom stereocenters. The average molecular weight is 252 g/mol. The van der Waals surface area contributed by atoms with Crippen molar-refractivity contribution in [3.05, 3.63) is 35.6 Å². The Hall–Kier alpha value is -1.88.